The van der Waals surface area contributed by atoms with Crippen molar-refractivity contribution >= 4 is 11.8 Å². The van der Waals surface area contributed by atoms with Crippen LogP contribution >= 0.6 is 11.8 Å². The lowest BCUT2D eigenvalue weighted by molar-refractivity contribution is 0.477. The largest absolute Gasteiger partial charge is 0.306 e. The standard InChI is InChI=1S/C19H23NS/c1-14-7-3-4-8-16(14)11-15(2)20-19-13-21-12-17-9-5-6-10-18(17)19/h3-10,15,19-20H,11-13H2,1-2H3. The zero-order chi connectivity index (χ0) is 14.7. The fourth-order valence-electron chi connectivity index (χ4n) is 3.09. The van der Waals surface area contributed by atoms with Crippen molar-refractivity contribution in [3.8, 4) is 0 Å². The summed E-state index contributed by atoms with van der Waals surface area (Å²) < 4.78 is 0. The quantitative estimate of drug-likeness (QED) is 0.891. The van der Waals surface area contributed by atoms with Crippen molar-refractivity contribution in [3.63, 3.8) is 0 Å². The van der Waals surface area contributed by atoms with E-state index in [1.165, 1.54) is 28.0 Å². The Kier molecular flexibility index (Phi) is 4.67. The van der Waals surface area contributed by atoms with Gasteiger partial charge in [-0.1, -0.05) is 48.5 Å². The van der Waals surface area contributed by atoms with Gasteiger partial charge in [0.1, 0.15) is 0 Å². The van der Waals surface area contributed by atoms with Crippen molar-refractivity contribution in [2.75, 3.05) is 5.75 Å². The lowest BCUT2D eigenvalue weighted by atomic mass is 9.98. The Morgan fingerprint density at radius 1 is 1.14 bits per heavy atom. The average molecular weight is 297 g/mol. The highest BCUT2D eigenvalue weighted by atomic mass is 32.2. The third kappa shape index (κ3) is 3.50. The van der Waals surface area contributed by atoms with Gasteiger partial charge in [-0.15, -0.1) is 0 Å². The summed E-state index contributed by atoms with van der Waals surface area (Å²) in [4.78, 5) is 0. The summed E-state index contributed by atoms with van der Waals surface area (Å²) in [5.41, 5.74) is 5.83. The van der Waals surface area contributed by atoms with E-state index in [0.29, 0.717) is 12.1 Å². The number of benzene rings is 2. The minimum absolute atomic E-state index is 0.485. The number of hydrogen-bond acceptors (Lipinski definition) is 2. The van der Waals surface area contributed by atoms with Crippen LogP contribution in [0.25, 0.3) is 0 Å². The number of fused-ring (bicyclic) bond motifs is 1. The van der Waals surface area contributed by atoms with Crippen molar-refractivity contribution in [3.05, 3.63) is 70.8 Å². The number of nitrogens with one attached hydrogen (secondary N) is 1. The summed E-state index contributed by atoms with van der Waals surface area (Å²) in [5.74, 6) is 2.33. The molecule has 21 heavy (non-hydrogen) atoms. The van der Waals surface area contributed by atoms with Crippen LogP contribution in [0, 0.1) is 6.92 Å². The maximum Gasteiger partial charge on any atom is 0.0417 e. The van der Waals surface area contributed by atoms with Gasteiger partial charge in [0, 0.05) is 23.6 Å². The highest BCUT2D eigenvalue weighted by Gasteiger charge is 2.21. The van der Waals surface area contributed by atoms with Gasteiger partial charge in [-0.3, -0.25) is 0 Å². The third-order valence-electron chi connectivity index (χ3n) is 4.25. The summed E-state index contributed by atoms with van der Waals surface area (Å²) in [7, 11) is 0. The van der Waals surface area contributed by atoms with Gasteiger partial charge in [-0.25, -0.2) is 0 Å². The first-order chi connectivity index (χ1) is 10.2. The molecule has 3 rings (SSSR count). The van der Waals surface area contributed by atoms with E-state index in [-0.39, 0.29) is 0 Å². The van der Waals surface area contributed by atoms with E-state index in [2.05, 4.69) is 67.7 Å². The molecule has 1 aliphatic rings. The normalized spacial score (nSPS) is 19.0. The molecule has 0 spiro atoms. The summed E-state index contributed by atoms with van der Waals surface area (Å²) in [6.45, 7) is 4.50. The molecule has 2 aromatic carbocycles. The molecule has 0 aliphatic carbocycles. The minimum Gasteiger partial charge on any atom is -0.306 e. The Morgan fingerprint density at radius 2 is 1.90 bits per heavy atom. The van der Waals surface area contributed by atoms with Crippen LogP contribution in [0.1, 0.15) is 35.2 Å². The summed E-state index contributed by atoms with van der Waals surface area (Å²) in [6.07, 6.45) is 1.09. The predicted molar refractivity (Wildman–Crippen MR) is 92.8 cm³/mol. The lowest BCUT2D eigenvalue weighted by Gasteiger charge is -2.29. The zero-order valence-corrected chi connectivity index (χ0v) is 13.6. The van der Waals surface area contributed by atoms with Gasteiger partial charge in [-0.05, 0) is 42.5 Å². The molecule has 0 amide bonds. The van der Waals surface area contributed by atoms with Crippen LogP contribution in [0.15, 0.2) is 48.5 Å². The third-order valence-corrected chi connectivity index (χ3v) is 5.33. The smallest absolute Gasteiger partial charge is 0.0417 e. The van der Waals surface area contributed by atoms with E-state index in [0.717, 1.165) is 12.2 Å². The van der Waals surface area contributed by atoms with Gasteiger partial charge < -0.3 is 5.32 Å². The molecular weight excluding hydrogens is 274 g/mol. The second kappa shape index (κ2) is 6.67. The molecule has 2 atom stereocenters. The van der Waals surface area contributed by atoms with Crippen molar-refractivity contribution in [1.82, 2.24) is 5.32 Å². The van der Waals surface area contributed by atoms with Crippen LogP contribution in [-0.2, 0) is 12.2 Å². The van der Waals surface area contributed by atoms with Crippen molar-refractivity contribution in [1.29, 1.82) is 0 Å². The molecule has 0 fully saturated rings. The van der Waals surface area contributed by atoms with E-state index in [9.17, 15) is 0 Å². The molecule has 2 heteroatoms. The SMILES string of the molecule is Cc1ccccc1CC(C)NC1CSCc2ccccc21. The molecule has 110 valence electrons. The molecule has 1 aliphatic heterocycles. The first-order valence-corrected chi connectivity index (χ1v) is 8.85. The van der Waals surface area contributed by atoms with E-state index in [1.807, 2.05) is 11.8 Å². The first kappa shape index (κ1) is 14.7. The van der Waals surface area contributed by atoms with Crippen molar-refractivity contribution in [2.24, 2.45) is 0 Å². The van der Waals surface area contributed by atoms with Gasteiger partial charge >= 0.3 is 0 Å². The molecule has 1 nitrogen and oxygen atoms in total. The predicted octanol–water partition coefficient (Wildman–Crippen LogP) is 4.50. The van der Waals surface area contributed by atoms with Gasteiger partial charge in [0.25, 0.3) is 0 Å². The molecule has 0 aromatic heterocycles. The van der Waals surface area contributed by atoms with E-state index in [4.69, 9.17) is 0 Å². The van der Waals surface area contributed by atoms with Crippen LogP contribution in [0.3, 0.4) is 0 Å². The van der Waals surface area contributed by atoms with Gasteiger partial charge in [0.05, 0.1) is 0 Å². The minimum atomic E-state index is 0.485. The summed E-state index contributed by atoms with van der Waals surface area (Å²) in [5, 5.41) is 3.83. The molecule has 0 radical (unpaired) electrons. The monoisotopic (exact) mass is 297 g/mol. The Hall–Kier alpha value is -1.25. The van der Waals surface area contributed by atoms with Crippen LogP contribution in [-0.4, -0.2) is 11.8 Å². The van der Waals surface area contributed by atoms with Crippen LogP contribution in [0.4, 0.5) is 0 Å². The zero-order valence-electron chi connectivity index (χ0n) is 12.8. The molecule has 0 bridgehead atoms. The molecule has 0 saturated carbocycles. The lowest BCUT2D eigenvalue weighted by Crippen LogP contribution is -2.35. The van der Waals surface area contributed by atoms with Gasteiger partial charge in [0.2, 0.25) is 0 Å². The number of aryl methyl sites for hydroxylation is 1. The molecule has 1 N–H and O–H groups in total. The second-order valence-corrected chi connectivity index (χ2v) is 7.00. The van der Waals surface area contributed by atoms with Gasteiger partial charge in [0.15, 0.2) is 0 Å². The van der Waals surface area contributed by atoms with Crippen LogP contribution in [0.2, 0.25) is 0 Å². The second-order valence-electron chi connectivity index (χ2n) is 5.96. The highest BCUT2D eigenvalue weighted by Crippen LogP contribution is 2.31. The average Bonchev–Trinajstić information content (AvgIpc) is 2.50. The van der Waals surface area contributed by atoms with Gasteiger partial charge in [-0.2, -0.15) is 11.8 Å². The number of rotatable bonds is 4. The summed E-state index contributed by atoms with van der Waals surface area (Å²) in [6, 6.07) is 18.5. The maximum atomic E-state index is 3.83. The Labute approximate surface area is 132 Å². The number of thioether (sulfide) groups is 1. The van der Waals surface area contributed by atoms with E-state index >= 15 is 0 Å². The summed E-state index contributed by atoms with van der Waals surface area (Å²) >= 11 is 2.03. The Bertz CT molecular complexity index is 608. The maximum absolute atomic E-state index is 3.83. The molecule has 0 saturated heterocycles. The molecule has 1 heterocycles. The fourth-order valence-corrected chi connectivity index (χ4v) is 4.20. The molecular formula is C19H23NS. The molecule has 2 unspecified atom stereocenters. The topological polar surface area (TPSA) is 12.0 Å². The van der Waals surface area contributed by atoms with Crippen molar-refractivity contribution in [2.45, 2.75) is 38.1 Å². The fraction of sp³-hybridized carbons (Fsp3) is 0.368. The van der Waals surface area contributed by atoms with E-state index in [1.54, 1.807) is 0 Å². The Morgan fingerprint density at radius 3 is 2.76 bits per heavy atom. The number of hydrogen-bond donors (Lipinski definition) is 1. The highest BCUT2D eigenvalue weighted by molar-refractivity contribution is 7.98. The van der Waals surface area contributed by atoms with Crippen LogP contribution in [0.5, 0.6) is 0 Å². The van der Waals surface area contributed by atoms with E-state index < -0.39 is 0 Å². The first-order valence-electron chi connectivity index (χ1n) is 7.70. The van der Waals surface area contributed by atoms with Crippen LogP contribution < -0.4 is 5.32 Å². The Balaban J connectivity index is 1.69. The van der Waals surface area contributed by atoms with Crippen molar-refractivity contribution < 1.29 is 0 Å². The molecule has 2 aromatic rings.